The van der Waals surface area contributed by atoms with Crippen molar-refractivity contribution in [2.24, 2.45) is 5.92 Å². The van der Waals surface area contributed by atoms with Crippen LogP contribution in [0.3, 0.4) is 0 Å². The van der Waals surface area contributed by atoms with Crippen LogP contribution in [0.5, 0.6) is 0 Å². The number of rotatable bonds is 8. The Balaban J connectivity index is 1.83. The Bertz CT molecular complexity index is 1160. The first-order valence-corrected chi connectivity index (χ1v) is 12.4. The molecule has 1 unspecified atom stereocenters. The molecule has 1 aromatic rings. The van der Waals surface area contributed by atoms with Crippen molar-refractivity contribution < 1.29 is 42.8 Å². The second-order valence-electron chi connectivity index (χ2n) is 10.7. The standard InChI is InChI=1S/C25H36N2O11/c1-24(2,3)38-23(32)27-16(28)11-12-26(22(27)31)20-19-18(36-25(4,5)37-19)15(35-20)10-8-9-14(21(30)34-7)13-17(29)33-6/h11-12,14-15,18-20H,8-10,13H2,1-7H3/t14?,15-,18-,19-,20-/m1/s1. The van der Waals surface area contributed by atoms with Crippen LogP contribution in [0.4, 0.5) is 4.79 Å². The van der Waals surface area contributed by atoms with Crippen molar-refractivity contribution >= 4 is 18.0 Å². The lowest BCUT2D eigenvalue weighted by atomic mass is 9.96. The molecule has 0 bridgehead atoms. The van der Waals surface area contributed by atoms with Gasteiger partial charge in [-0.15, -0.1) is 0 Å². The Labute approximate surface area is 219 Å². The van der Waals surface area contributed by atoms with E-state index in [2.05, 4.69) is 4.74 Å². The van der Waals surface area contributed by atoms with E-state index in [0.717, 1.165) is 10.6 Å². The van der Waals surface area contributed by atoms with E-state index in [0.29, 0.717) is 23.8 Å². The highest BCUT2D eigenvalue weighted by Crippen LogP contribution is 2.44. The van der Waals surface area contributed by atoms with Crippen LogP contribution < -0.4 is 11.2 Å². The molecule has 38 heavy (non-hydrogen) atoms. The van der Waals surface area contributed by atoms with E-state index in [1.54, 1.807) is 34.6 Å². The Morgan fingerprint density at radius 1 is 1.08 bits per heavy atom. The predicted molar refractivity (Wildman–Crippen MR) is 130 cm³/mol. The summed E-state index contributed by atoms with van der Waals surface area (Å²) >= 11 is 0. The zero-order valence-corrected chi connectivity index (χ0v) is 22.8. The third-order valence-corrected chi connectivity index (χ3v) is 6.20. The summed E-state index contributed by atoms with van der Waals surface area (Å²) in [6.45, 7) is 8.32. The molecule has 0 saturated carbocycles. The molecule has 0 N–H and O–H groups in total. The summed E-state index contributed by atoms with van der Waals surface area (Å²) in [4.78, 5) is 62.1. The van der Waals surface area contributed by atoms with E-state index >= 15 is 0 Å². The first kappa shape index (κ1) is 29.5. The first-order valence-electron chi connectivity index (χ1n) is 12.4. The largest absolute Gasteiger partial charge is 0.469 e. The number of hydrogen-bond donors (Lipinski definition) is 0. The summed E-state index contributed by atoms with van der Waals surface area (Å²) in [6, 6.07) is 1.08. The van der Waals surface area contributed by atoms with E-state index in [1.165, 1.54) is 20.4 Å². The number of fused-ring (bicyclic) bond motifs is 1. The van der Waals surface area contributed by atoms with Crippen LogP contribution in [0.1, 0.15) is 66.5 Å². The minimum absolute atomic E-state index is 0.113. The molecule has 0 spiro atoms. The van der Waals surface area contributed by atoms with Crippen molar-refractivity contribution in [1.29, 1.82) is 0 Å². The maximum Gasteiger partial charge on any atom is 0.425 e. The molecule has 2 saturated heterocycles. The number of aromatic nitrogens is 2. The van der Waals surface area contributed by atoms with Gasteiger partial charge in [-0.05, 0) is 53.9 Å². The van der Waals surface area contributed by atoms with Crippen LogP contribution in [-0.4, -0.2) is 71.1 Å². The van der Waals surface area contributed by atoms with E-state index < -0.39 is 71.1 Å². The molecule has 0 amide bonds. The molecular formula is C25H36N2O11. The Morgan fingerprint density at radius 2 is 1.74 bits per heavy atom. The number of nitrogens with zero attached hydrogens (tertiary/aromatic N) is 2. The summed E-state index contributed by atoms with van der Waals surface area (Å²) in [7, 11) is 2.50. The molecule has 2 aliphatic rings. The first-order chi connectivity index (χ1) is 17.7. The molecule has 212 valence electrons. The van der Waals surface area contributed by atoms with Gasteiger partial charge in [0, 0.05) is 12.3 Å². The maximum atomic E-state index is 13.3. The lowest BCUT2D eigenvalue weighted by Crippen LogP contribution is -2.47. The zero-order chi connectivity index (χ0) is 28.4. The van der Waals surface area contributed by atoms with Gasteiger partial charge in [-0.25, -0.2) is 9.59 Å². The smallest absolute Gasteiger partial charge is 0.425 e. The van der Waals surface area contributed by atoms with Crippen LogP contribution in [0, 0.1) is 5.92 Å². The number of hydrogen-bond acceptors (Lipinski definition) is 11. The maximum absolute atomic E-state index is 13.3. The minimum Gasteiger partial charge on any atom is -0.469 e. The van der Waals surface area contributed by atoms with Gasteiger partial charge < -0.3 is 28.4 Å². The molecule has 3 rings (SSSR count). The second-order valence-corrected chi connectivity index (χ2v) is 10.7. The predicted octanol–water partition coefficient (Wildman–Crippen LogP) is 1.73. The zero-order valence-electron chi connectivity index (χ0n) is 22.8. The fraction of sp³-hybridized carbons (Fsp3) is 0.720. The summed E-state index contributed by atoms with van der Waals surface area (Å²) in [6.07, 6.45) is -1.60. The van der Waals surface area contributed by atoms with Gasteiger partial charge in [0.1, 0.15) is 17.8 Å². The van der Waals surface area contributed by atoms with Crippen LogP contribution in [0.15, 0.2) is 21.9 Å². The Hall–Kier alpha value is -3.03. The normalized spacial score (nSPS) is 24.9. The van der Waals surface area contributed by atoms with Crippen molar-refractivity contribution in [3.05, 3.63) is 33.1 Å². The summed E-state index contributed by atoms with van der Waals surface area (Å²) in [5.41, 5.74) is -2.70. The average Bonchev–Trinajstić information content (AvgIpc) is 3.29. The second kappa shape index (κ2) is 11.4. The SMILES string of the molecule is COC(=O)CC(CCC[C@H]1O[C@@H](n2ccc(=O)n(C(=O)OC(C)(C)C)c2=O)[C@@H]2OC(C)(C)O[C@@H]21)C(=O)OC. The lowest BCUT2D eigenvalue weighted by molar-refractivity contribution is -0.198. The fourth-order valence-corrected chi connectivity index (χ4v) is 4.60. The highest BCUT2D eigenvalue weighted by Gasteiger charge is 2.56. The monoisotopic (exact) mass is 540 g/mol. The molecule has 5 atom stereocenters. The lowest BCUT2D eigenvalue weighted by Gasteiger charge is -2.25. The van der Waals surface area contributed by atoms with E-state index in [4.69, 9.17) is 23.7 Å². The van der Waals surface area contributed by atoms with Crippen molar-refractivity contribution in [3.8, 4) is 0 Å². The van der Waals surface area contributed by atoms with Gasteiger partial charge in [-0.3, -0.25) is 19.0 Å². The van der Waals surface area contributed by atoms with Gasteiger partial charge >= 0.3 is 23.7 Å². The van der Waals surface area contributed by atoms with Crippen molar-refractivity contribution in [2.75, 3.05) is 14.2 Å². The van der Waals surface area contributed by atoms with Gasteiger partial charge in [0.15, 0.2) is 12.0 Å². The molecular weight excluding hydrogens is 504 g/mol. The third kappa shape index (κ3) is 6.69. The highest BCUT2D eigenvalue weighted by atomic mass is 16.8. The van der Waals surface area contributed by atoms with Gasteiger partial charge in [0.05, 0.1) is 32.7 Å². The molecule has 13 nitrogen and oxygen atoms in total. The van der Waals surface area contributed by atoms with Crippen molar-refractivity contribution in [1.82, 2.24) is 9.13 Å². The molecule has 2 aliphatic heterocycles. The molecule has 3 heterocycles. The number of ether oxygens (including phenoxy) is 6. The minimum atomic E-state index is -1.10. The summed E-state index contributed by atoms with van der Waals surface area (Å²) in [5, 5.41) is 0. The number of carbonyl (C=O) groups excluding carboxylic acids is 3. The van der Waals surface area contributed by atoms with Crippen LogP contribution in [0.25, 0.3) is 0 Å². The van der Waals surface area contributed by atoms with Gasteiger partial charge in [-0.1, -0.05) is 0 Å². The number of esters is 2. The Kier molecular flexibility index (Phi) is 8.84. The number of methoxy groups -OCH3 is 2. The quantitative estimate of drug-likeness (QED) is 0.350. The van der Waals surface area contributed by atoms with E-state index in [9.17, 15) is 24.0 Å². The molecule has 1 aromatic heterocycles. The van der Waals surface area contributed by atoms with Gasteiger partial charge in [0.2, 0.25) is 0 Å². The summed E-state index contributed by atoms with van der Waals surface area (Å²) in [5.74, 6) is -2.70. The van der Waals surface area contributed by atoms with Crippen LogP contribution in [-0.2, 0) is 38.0 Å². The van der Waals surface area contributed by atoms with Crippen molar-refractivity contribution in [2.45, 2.75) is 96.2 Å². The number of carbonyl (C=O) groups is 3. The molecule has 13 heteroatoms. The molecule has 0 aromatic carbocycles. The van der Waals surface area contributed by atoms with E-state index in [1.807, 2.05) is 0 Å². The third-order valence-electron chi connectivity index (χ3n) is 6.20. The molecule has 0 aliphatic carbocycles. The van der Waals surface area contributed by atoms with E-state index in [-0.39, 0.29) is 6.42 Å². The fourth-order valence-electron chi connectivity index (χ4n) is 4.60. The van der Waals surface area contributed by atoms with Gasteiger partial charge in [-0.2, -0.15) is 4.57 Å². The Morgan fingerprint density at radius 3 is 2.34 bits per heavy atom. The van der Waals surface area contributed by atoms with Crippen LogP contribution in [0.2, 0.25) is 0 Å². The topological polar surface area (TPSA) is 151 Å². The molecule has 0 radical (unpaired) electrons. The van der Waals surface area contributed by atoms with Gasteiger partial charge in [0.25, 0.3) is 5.56 Å². The average molecular weight is 541 g/mol. The van der Waals surface area contributed by atoms with Crippen molar-refractivity contribution in [3.63, 3.8) is 0 Å². The highest BCUT2D eigenvalue weighted by molar-refractivity contribution is 5.79. The molecule has 2 fully saturated rings. The summed E-state index contributed by atoms with van der Waals surface area (Å²) < 4.78 is 34.5. The van der Waals surface area contributed by atoms with Crippen LogP contribution >= 0.6 is 0 Å².